The summed E-state index contributed by atoms with van der Waals surface area (Å²) in [5.41, 5.74) is 1.87. The molecule has 0 atom stereocenters. The molecule has 156 valence electrons. The number of fused-ring (bicyclic) bond motifs is 1. The Morgan fingerprint density at radius 2 is 1.86 bits per heavy atom. The topological polar surface area (TPSA) is 50.3 Å². The lowest BCUT2D eigenvalue weighted by atomic mass is 9.95. The van der Waals surface area contributed by atoms with Crippen LogP contribution in [0.3, 0.4) is 0 Å². The van der Waals surface area contributed by atoms with Crippen molar-refractivity contribution in [1.29, 1.82) is 0 Å². The van der Waals surface area contributed by atoms with Crippen LogP contribution in [-0.4, -0.2) is 28.9 Å². The fourth-order valence-electron chi connectivity index (χ4n) is 4.17. The van der Waals surface area contributed by atoms with Crippen LogP contribution in [0, 0.1) is 6.92 Å². The smallest absolute Gasteiger partial charge is 0.406 e. The monoisotopic (exact) mass is 406 g/mol. The molecule has 1 N–H and O–H groups in total. The Morgan fingerprint density at radius 3 is 2.62 bits per heavy atom. The quantitative estimate of drug-likeness (QED) is 0.775. The number of ether oxygens (including phenoxy) is 1. The maximum absolute atomic E-state index is 12.4. The molecule has 0 saturated heterocycles. The molecule has 1 aromatic carbocycles. The van der Waals surface area contributed by atoms with Gasteiger partial charge in [-0.15, -0.1) is 13.2 Å². The molecular formula is C21H25F3N4O. The number of anilines is 2. The van der Waals surface area contributed by atoms with Gasteiger partial charge in [0.25, 0.3) is 0 Å². The van der Waals surface area contributed by atoms with Gasteiger partial charge >= 0.3 is 6.36 Å². The highest BCUT2D eigenvalue weighted by Crippen LogP contribution is 2.30. The van der Waals surface area contributed by atoms with Gasteiger partial charge in [-0.3, -0.25) is 0 Å². The normalized spacial score (nSPS) is 17.7. The number of benzene rings is 1. The molecule has 0 bridgehead atoms. The van der Waals surface area contributed by atoms with Crippen molar-refractivity contribution >= 4 is 11.6 Å². The molecule has 5 nitrogen and oxygen atoms in total. The second-order valence-electron chi connectivity index (χ2n) is 7.79. The maximum Gasteiger partial charge on any atom is 0.573 e. The minimum Gasteiger partial charge on any atom is -0.406 e. The van der Waals surface area contributed by atoms with Crippen LogP contribution in [0.25, 0.3) is 0 Å². The van der Waals surface area contributed by atoms with E-state index in [1.165, 1.54) is 31.4 Å². The van der Waals surface area contributed by atoms with Crippen molar-refractivity contribution in [3.8, 4) is 5.75 Å². The number of hydrogen-bond donors (Lipinski definition) is 1. The van der Waals surface area contributed by atoms with Crippen molar-refractivity contribution in [3.63, 3.8) is 0 Å². The fourth-order valence-corrected chi connectivity index (χ4v) is 4.17. The van der Waals surface area contributed by atoms with Gasteiger partial charge < -0.3 is 15.0 Å². The third kappa shape index (κ3) is 5.10. The summed E-state index contributed by atoms with van der Waals surface area (Å²) in [6, 6.07) is 7.00. The zero-order valence-corrected chi connectivity index (χ0v) is 16.4. The number of hydrogen-bond acceptors (Lipinski definition) is 5. The number of rotatable bonds is 4. The van der Waals surface area contributed by atoms with E-state index in [4.69, 9.17) is 0 Å². The molecule has 1 fully saturated rings. The molecule has 0 radical (unpaired) electrons. The van der Waals surface area contributed by atoms with Gasteiger partial charge in [-0.2, -0.15) is 0 Å². The van der Waals surface area contributed by atoms with E-state index in [9.17, 15) is 13.2 Å². The van der Waals surface area contributed by atoms with Crippen LogP contribution in [0.2, 0.25) is 0 Å². The van der Waals surface area contributed by atoms with Crippen LogP contribution in [0.1, 0.15) is 49.1 Å². The molecule has 2 heterocycles. The van der Waals surface area contributed by atoms with Crippen molar-refractivity contribution in [2.75, 3.05) is 16.8 Å². The second kappa shape index (κ2) is 8.08. The Labute approximate surface area is 168 Å². The number of halogens is 3. The van der Waals surface area contributed by atoms with E-state index in [1.807, 2.05) is 13.0 Å². The van der Waals surface area contributed by atoms with Crippen LogP contribution in [0.4, 0.5) is 24.8 Å². The zero-order chi connectivity index (χ0) is 20.4. The molecule has 1 saturated carbocycles. The number of alkyl halides is 3. The van der Waals surface area contributed by atoms with Gasteiger partial charge in [0.1, 0.15) is 23.2 Å². The molecule has 0 spiro atoms. The summed E-state index contributed by atoms with van der Waals surface area (Å²) in [5, 5.41) is 3.55. The van der Waals surface area contributed by atoms with Crippen molar-refractivity contribution in [2.45, 2.75) is 64.4 Å². The Morgan fingerprint density at radius 1 is 1.07 bits per heavy atom. The lowest BCUT2D eigenvalue weighted by molar-refractivity contribution is -0.274. The van der Waals surface area contributed by atoms with Crippen LogP contribution in [0.5, 0.6) is 5.75 Å². The molecule has 2 aliphatic rings. The largest absolute Gasteiger partial charge is 0.573 e. The maximum atomic E-state index is 12.4. The van der Waals surface area contributed by atoms with Gasteiger partial charge in [0.15, 0.2) is 0 Å². The van der Waals surface area contributed by atoms with Crippen molar-refractivity contribution in [2.24, 2.45) is 0 Å². The van der Waals surface area contributed by atoms with Crippen molar-refractivity contribution < 1.29 is 17.9 Å². The number of aromatic nitrogens is 2. The summed E-state index contributed by atoms with van der Waals surface area (Å²) in [7, 11) is 0. The fraction of sp³-hybridized carbons (Fsp3) is 0.524. The molecule has 1 aliphatic heterocycles. The summed E-state index contributed by atoms with van der Waals surface area (Å²) in [4.78, 5) is 11.3. The SMILES string of the molecule is Cc1nc(NC2CCCCC2)cc(N2CCc3cc(OC(F)(F)F)ccc3C2)n1. The predicted molar refractivity (Wildman–Crippen MR) is 105 cm³/mol. The van der Waals surface area contributed by atoms with E-state index in [2.05, 4.69) is 24.9 Å². The lowest BCUT2D eigenvalue weighted by Gasteiger charge is -2.31. The molecule has 1 aromatic heterocycles. The van der Waals surface area contributed by atoms with E-state index in [1.54, 1.807) is 6.07 Å². The second-order valence-corrected chi connectivity index (χ2v) is 7.79. The molecule has 1 aliphatic carbocycles. The minimum absolute atomic E-state index is 0.165. The average molecular weight is 406 g/mol. The van der Waals surface area contributed by atoms with Crippen LogP contribution < -0.4 is 15.0 Å². The first-order valence-corrected chi connectivity index (χ1v) is 10.1. The van der Waals surface area contributed by atoms with Crippen LogP contribution in [-0.2, 0) is 13.0 Å². The van der Waals surface area contributed by atoms with E-state index >= 15 is 0 Å². The highest BCUT2D eigenvalue weighted by atomic mass is 19.4. The summed E-state index contributed by atoms with van der Waals surface area (Å²) in [5.74, 6) is 2.23. The van der Waals surface area contributed by atoms with Gasteiger partial charge in [0.2, 0.25) is 0 Å². The van der Waals surface area contributed by atoms with Gasteiger partial charge in [-0.1, -0.05) is 25.3 Å². The Bertz CT molecular complexity index is 865. The third-order valence-corrected chi connectivity index (χ3v) is 5.53. The van der Waals surface area contributed by atoms with Gasteiger partial charge in [-0.25, -0.2) is 9.97 Å². The molecule has 2 aromatic rings. The van der Waals surface area contributed by atoms with Gasteiger partial charge in [-0.05, 0) is 49.4 Å². The van der Waals surface area contributed by atoms with Gasteiger partial charge in [0.05, 0.1) is 0 Å². The van der Waals surface area contributed by atoms with Crippen molar-refractivity contribution in [3.05, 3.63) is 41.2 Å². The van der Waals surface area contributed by atoms with Gasteiger partial charge in [0, 0.05) is 25.2 Å². The lowest BCUT2D eigenvalue weighted by Crippen LogP contribution is -2.31. The molecule has 0 amide bonds. The van der Waals surface area contributed by atoms with E-state index in [-0.39, 0.29) is 5.75 Å². The highest BCUT2D eigenvalue weighted by Gasteiger charge is 2.31. The number of nitrogens with zero attached hydrogens (tertiary/aromatic N) is 3. The first-order valence-electron chi connectivity index (χ1n) is 10.1. The Balaban J connectivity index is 1.48. The van der Waals surface area contributed by atoms with Crippen molar-refractivity contribution in [1.82, 2.24) is 9.97 Å². The molecule has 0 unspecified atom stereocenters. The van der Waals surface area contributed by atoms with E-state index in [0.29, 0.717) is 31.4 Å². The summed E-state index contributed by atoms with van der Waals surface area (Å²) in [6.07, 6.45) is 2.09. The Kier molecular flexibility index (Phi) is 5.52. The number of aryl methyl sites for hydroxylation is 1. The van der Waals surface area contributed by atoms with E-state index in [0.717, 1.165) is 35.6 Å². The average Bonchev–Trinajstić information content (AvgIpc) is 2.66. The van der Waals surface area contributed by atoms with E-state index < -0.39 is 6.36 Å². The predicted octanol–water partition coefficient (Wildman–Crippen LogP) is 4.99. The molecule has 29 heavy (non-hydrogen) atoms. The molecular weight excluding hydrogens is 381 g/mol. The minimum atomic E-state index is -4.67. The van der Waals surface area contributed by atoms with Crippen LogP contribution in [0.15, 0.2) is 24.3 Å². The highest BCUT2D eigenvalue weighted by molar-refractivity contribution is 5.52. The first-order chi connectivity index (χ1) is 13.9. The zero-order valence-electron chi connectivity index (χ0n) is 16.4. The number of nitrogens with one attached hydrogen (secondary N) is 1. The van der Waals surface area contributed by atoms with Crippen LogP contribution >= 0.6 is 0 Å². The summed E-state index contributed by atoms with van der Waals surface area (Å²) >= 11 is 0. The molecule has 4 rings (SSSR count). The standard InChI is InChI=1S/C21H25F3N4O/c1-14-25-19(27-17-5-3-2-4-6-17)12-20(26-14)28-10-9-15-11-18(29-21(22,23)24)8-7-16(15)13-28/h7-8,11-12,17H,2-6,9-10,13H2,1H3,(H,25,26,27). The summed E-state index contributed by atoms with van der Waals surface area (Å²) in [6.45, 7) is 3.16. The summed E-state index contributed by atoms with van der Waals surface area (Å²) < 4.78 is 41.4. The molecule has 8 heteroatoms. The third-order valence-electron chi connectivity index (χ3n) is 5.53. The first kappa shape index (κ1) is 19.8. The Hall–Kier alpha value is -2.51.